The van der Waals surface area contributed by atoms with Gasteiger partial charge in [-0.05, 0) is 25.5 Å². The van der Waals surface area contributed by atoms with E-state index < -0.39 is 5.60 Å². The summed E-state index contributed by atoms with van der Waals surface area (Å²) in [6.45, 7) is 3.24. The molecule has 1 saturated heterocycles. The van der Waals surface area contributed by atoms with Gasteiger partial charge in [0.15, 0.2) is 0 Å². The number of hydrogen-bond acceptors (Lipinski definition) is 2. The summed E-state index contributed by atoms with van der Waals surface area (Å²) in [6.07, 6.45) is 0.673. The lowest BCUT2D eigenvalue weighted by Crippen LogP contribution is -2.28. The molecule has 1 aromatic rings. The van der Waals surface area contributed by atoms with E-state index in [1.807, 2.05) is 19.1 Å². The standard InChI is InChI=1S/C11H13Cl2NO/c1-7-2-3-8(10(13)9(7)12)11(15)4-5-14-6-11/h2-3,14-15H,4-6H2,1H3. The molecule has 82 valence electrons. The van der Waals surface area contributed by atoms with Gasteiger partial charge in [-0.2, -0.15) is 0 Å². The first-order chi connectivity index (χ1) is 7.04. The zero-order valence-electron chi connectivity index (χ0n) is 8.48. The smallest absolute Gasteiger partial charge is 0.105 e. The third-order valence-electron chi connectivity index (χ3n) is 2.91. The quantitative estimate of drug-likeness (QED) is 0.797. The molecule has 0 bridgehead atoms. The van der Waals surface area contributed by atoms with Crippen LogP contribution < -0.4 is 5.32 Å². The van der Waals surface area contributed by atoms with Gasteiger partial charge in [0, 0.05) is 12.1 Å². The predicted molar refractivity (Wildman–Crippen MR) is 62.6 cm³/mol. The summed E-state index contributed by atoms with van der Waals surface area (Å²) < 4.78 is 0. The first-order valence-electron chi connectivity index (χ1n) is 4.93. The van der Waals surface area contributed by atoms with Gasteiger partial charge in [0.2, 0.25) is 0 Å². The average molecular weight is 246 g/mol. The molecule has 0 saturated carbocycles. The Labute approximate surface area is 99.2 Å². The van der Waals surface area contributed by atoms with Gasteiger partial charge in [-0.25, -0.2) is 0 Å². The fraction of sp³-hybridized carbons (Fsp3) is 0.455. The van der Waals surface area contributed by atoms with Crippen LogP contribution in [0.4, 0.5) is 0 Å². The first-order valence-corrected chi connectivity index (χ1v) is 5.68. The fourth-order valence-electron chi connectivity index (χ4n) is 1.91. The largest absolute Gasteiger partial charge is 0.384 e. The second-order valence-electron chi connectivity index (χ2n) is 4.02. The molecule has 2 nitrogen and oxygen atoms in total. The van der Waals surface area contributed by atoms with Crippen LogP contribution in [0.5, 0.6) is 0 Å². The minimum absolute atomic E-state index is 0.475. The first kappa shape index (κ1) is 11.2. The van der Waals surface area contributed by atoms with Crippen LogP contribution in [0.1, 0.15) is 17.5 Å². The van der Waals surface area contributed by atoms with Crippen LogP contribution in [-0.2, 0) is 5.60 Å². The van der Waals surface area contributed by atoms with Crippen molar-refractivity contribution >= 4 is 23.2 Å². The molecule has 1 fully saturated rings. The predicted octanol–water partition coefficient (Wildman–Crippen LogP) is 2.48. The molecule has 2 N–H and O–H groups in total. The van der Waals surface area contributed by atoms with E-state index in [1.54, 1.807) is 0 Å². The zero-order valence-corrected chi connectivity index (χ0v) is 9.99. The van der Waals surface area contributed by atoms with Crippen molar-refractivity contribution < 1.29 is 5.11 Å². The topological polar surface area (TPSA) is 32.3 Å². The Hall–Kier alpha value is -0.280. The highest BCUT2D eigenvalue weighted by atomic mass is 35.5. The highest BCUT2D eigenvalue weighted by Crippen LogP contribution is 2.37. The number of benzene rings is 1. The van der Waals surface area contributed by atoms with Crippen LogP contribution in [-0.4, -0.2) is 18.2 Å². The monoisotopic (exact) mass is 245 g/mol. The summed E-state index contributed by atoms with van der Waals surface area (Å²) in [6, 6.07) is 3.75. The Morgan fingerprint density at radius 1 is 1.33 bits per heavy atom. The molecule has 2 rings (SSSR count). The maximum absolute atomic E-state index is 10.4. The van der Waals surface area contributed by atoms with Crippen molar-refractivity contribution in [1.29, 1.82) is 0 Å². The Kier molecular flexibility index (Phi) is 2.95. The van der Waals surface area contributed by atoms with Crippen molar-refractivity contribution in [3.05, 3.63) is 33.3 Å². The Bertz CT molecular complexity index is 386. The van der Waals surface area contributed by atoms with E-state index in [-0.39, 0.29) is 0 Å². The second-order valence-corrected chi connectivity index (χ2v) is 4.77. The maximum Gasteiger partial charge on any atom is 0.105 e. The Balaban J connectivity index is 2.49. The molecule has 1 aliphatic rings. The van der Waals surface area contributed by atoms with Crippen molar-refractivity contribution in [1.82, 2.24) is 5.32 Å². The van der Waals surface area contributed by atoms with Crippen molar-refractivity contribution in [2.24, 2.45) is 0 Å². The van der Waals surface area contributed by atoms with E-state index in [4.69, 9.17) is 23.2 Å². The van der Waals surface area contributed by atoms with Crippen LogP contribution in [0.2, 0.25) is 10.0 Å². The summed E-state index contributed by atoms with van der Waals surface area (Å²) in [5, 5.41) is 14.5. The molecular formula is C11H13Cl2NO. The molecule has 1 aliphatic heterocycles. The summed E-state index contributed by atoms with van der Waals surface area (Å²) in [5.41, 5.74) is 0.791. The molecule has 1 heterocycles. The van der Waals surface area contributed by atoms with E-state index in [0.717, 1.165) is 17.7 Å². The average Bonchev–Trinajstić information content (AvgIpc) is 2.62. The number of β-amino-alcohol motifs (C(OH)–C–C–N with tert-alkyl or cyclic N) is 1. The molecule has 0 spiro atoms. The summed E-state index contributed by atoms with van der Waals surface area (Å²) in [4.78, 5) is 0. The second kappa shape index (κ2) is 3.95. The molecule has 15 heavy (non-hydrogen) atoms. The zero-order chi connectivity index (χ0) is 11.1. The van der Waals surface area contributed by atoms with Crippen molar-refractivity contribution in [3.63, 3.8) is 0 Å². The van der Waals surface area contributed by atoms with Gasteiger partial charge in [-0.3, -0.25) is 0 Å². The SMILES string of the molecule is Cc1ccc(C2(O)CCNC2)c(Cl)c1Cl. The molecular weight excluding hydrogens is 233 g/mol. The van der Waals surface area contributed by atoms with Gasteiger partial charge >= 0.3 is 0 Å². The Morgan fingerprint density at radius 2 is 2.07 bits per heavy atom. The minimum Gasteiger partial charge on any atom is -0.384 e. The van der Waals surface area contributed by atoms with Crippen molar-refractivity contribution in [2.75, 3.05) is 13.1 Å². The lowest BCUT2D eigenvalue weighted by molar-refractivity contribution is 0.0588. The van der Waals surface area contributed by atoms with Gasteiger partial charge in [-0.1, -0.05) is 35.3 Å². The number of aryl methyl sites for hydroxylation is 1. The van der Waals surface area contributed by atoms with Crippen molar-refractivity contribution in [2.45, 2.75) is 18.9 Å². The van der Waals surface area contributed by atoms with Crippen LogP contribution in [0.15, 0.2) is 12.1 Å². The third-order valence-corrected chi connectivity index (χ3v) is 3.89. The van der Waals surface area contributed by atoms with E-state index in [9.17, 15) is 5.11 Å². The van der Waals surface area contributed by atoms with E-state index in [2.05, 4.69) is 5.32 Å². The van der Waals surface area contributed by atoms with Gasteiger partial charge in [-0.15, -0.1) is 0 Å². The molecule has 0 amide bonds. The van der Waals surface area contributed by atoms with Gasteiger partial charge in [0.25, 0.3) is 0 Å². The number of aliphatic hydroxyl groups is 1. The number of nitrogens with one attached hydrogen (secondary N) is 1. The highest BCUT2D eigenvalue weighted by Gasteiger charge is 2.35. The molecule has 1 unspecified atom stereocenters. The van der Waals surface area contributed by atoms with E-state index in [1.165, 1.54) is 0 Å². The van der Waals surface area contributed by atoms with E-state index in [0.29, 0.717) is 23.0 Å². The van der Waals surface area contributed by atoms with Crippen LogP contribution in [0.3, 0.4) is 0 Å². The number of hydrogen-bond donors (Lipinski definition) is 2. The third kappa shape index (κ3) is 1.87. The molecule has 1 aromatic carbocycles. The molecule has 0 radical (unpaired) electrons. The lowest BCUT2D eigenvalue weighted by Gasteiger charge is -2.24. The Morgan fingerprint density at radius 3 is 2.67 bits per heavy atom. The summed E-state index contributed by atoms with van der Waals surface area (Å²) >= 11 is 12.2. The molecule has 0 aromatic heterocycles. The number of rotatable bonds is 1. The normalized spacial score (nSPS) is 25.9. The van der Waals surface area contributed by atoms with Crippen LogP contribution in [0.25, 0.3) is 0 Å². The molecule has 1 atom stereocenters. The molecule has 0 aliphatic carbocycles. The maximum atomic E-state index is 10.4. The lowest BCUT2D eigenvalue weighted by atomic mass is 9.92. The minimum atomic E-state index is -0.867. The van der Waals surface area contributed by atoms with Gasteiger partial charge < -0.3 is 10.4 Å². The number of halogens is 2. The van der Waals surface area contributed by atoms with Gasteiger partial charge in [0.05, 0.1) is 10.0 Å². The van der Waals surface area contributed by atoms with Crippen LogP contribution in [0, 0.1) is 6.92 Å². The van der Waals surface area contributed by atoms with Crippen molar-refractivity contribution in [3.8, 4) is 0 Å². The highest BCUT2D eigenvalue weighted by molar-refractivity contribution is 6.43. The summed E-state index contributed by atoms with van der Waals surface area (Å²) in [5.74, 6) is 0. The van der Waals surface area contributed by atoms with E-state index >= 15 is 0 Å². The summed E-state index contributed by atoms with van der Waals surface area (Å²) in [7, 11) is 0. The molecule has 4 heteroatoms. The van der Waals surface area contributed by atoms with Crippen LogP contribution >= 0.6 is 23.2 Å². The fourth-order valence-corrected chi connectivity index (χ4v) is 2.47. The van der Waals surface area contributed by atoms with Gasteiger partial charge in [0.1, 0.15) is 5.60 Å².